The van der Waals surface area contributed by atoms with Gasteiger partial charge >= 0.3 is 0 Å². The quantitative estimate of drug-likeness (QED) is 0.778. The Labute approximate surface area is 105 Å². The van der Waals surface area contributed by atoms with E-state index in [-0.39, 0.29) is 5.91 Å². The van der Waals surface area contributed by atoms with E-state index in [9.17, 15) is 9.18 Å². The van der Waals surface area contributed by atoms with E-state index in [1.165, 1.54) is 18.3 Å². The van der Waals surface area contributed by atoms with Crippen LogP contribution in [-0.4, -0.2) is 17.4 Å². The average Bonchev–Trinajstić information content (AvgIpc) is 2.41. The molecule has 0 saturated heterocycles. The van der Waals surface area contributed by atoms with E-state index in [1.54, 1.807) is 4.90 Å². The molecular weight excluding hydrogens is 231 g/mol. The lowest BCUT2D eigenvalue weighted by atomic mass is 10.2. The number of benzene rings is 1. The van der Waals surface area contributed by atoms with Crippen LogP contribution in [0.25, 0.3) is 0 Å². The second-order valence-electron chi connectivity index (χ2n) is 3.75. The number of carbonyl (C=O) groups is 1. The molecule has 0 bridgehead atoms. The highest BCUT2D eigenvalue weighted by Gasteiger charge is 2.15. The topological polar surface area (TPSA) is 33.2 Å². The zero-order valence-corrected chi connectivity index (χ0v) is 10.0. The highest BCUT2D eigenvalue weighted by atomic mass is 19.1. The van der Waals surface area contributed by atoms with E-state index in [0.717, 1.165) is 5.69 Å². The van der Waals surface area contributed by atoms with E-state index >= 15 is 0 Å². The van der Waals surface area contributed by atoms with Crippen molar-refractivity contribution in [1.82, 2.24) is 4.98 Å². The summed E-state index contributed by atoms with van der Waals surface area (Å²) in [5.41, 5.74) is 1.19. The van der Waals surface area contributed by atoms with Crippen molar-refractivity contribution in [3.8, 4) is 0 Å². The summed E-state index contributed by atoms with van der Waals surface area (Å²) in [6, 6.07) is 12.0. The third-order valence-electron chi connectivity index (χ3n) is 2.60. The van der Waals surface area contributed by atoms with Crippen LogP contribution in [0.5, 0.6) is 0 Å². The Bertz CT molecular complexity index is 525. The van der Waals surface area contributed by atoms with Crippen molar-refractivity contribution in [3.63, 3.8) is 0 Å². The van der Waals surface area contributed by atoms with Gasteiger partial charge in [-0.05, 0) is 31.2 Å². The van der Waals surface area contributed by atoms with Crippen molar-refractivity contribution >= 4 is 11.6 Å². The van der Waals surface area contributed by atoms with Crippen molar-refractivity contribution < 1.29 is 9.18 Å². The first-order chi connectivity index (χ1) is 8.72. The average molecular weight is 244 g/mol. The van der Waals surface area contributed by atoms with Crippen molar-refractivity contribution in [1.29, 1.82) is 0 Å². The predicted octanol–water partition coefficient (Wildman–Crippen LogP) is 2.89. The first kappa shape index (κ1) is 12.2. The number of carbonyl (C=O) groups excluding carboxylic acids is 1. The zero-order valence-electron chi connectivity index (χ0n) is 10.0. The smallest absolute Gasteiger partial charge is 0.259 e. The minimum Gasteiger partial charge on any atom is -0.309 e. The van der Waals surface area contributed by atoms with Crippen LogP contribution in [0.15, 0.2) is 48.7 Å². The normalized spacial score (nSPS) is 10.1. The van der Waals surface area contributed by atoms with Crippen molar-refractivity contribution in [2.24, 2.45) is 0 Å². The minimum absolute atomic E-state index is 0.184. The summed E-state index contributed by atoms with van der Waals surface area (Å²) in [4.78, 5) is 17.4. The Morgan fingerprint density at radius 3 is 2.50 bits per heavy atom. The summed E-state index contributed by atoms with van der Waals surface area (Å²) < 4.78 is 12.7. The first-order valence-electron chi connectivity index (χ1n) is 5.71. The molecule has 1 aromatic carbocycles. The summed E-state index contributed by atoms with van der Waals surface area (Å²) in [6.07, 6.45) is 1.25. The molecular formula is C14H13FN2O. The van der Waals surface area contributed by atoms with Crippen LogP contribution in [0.3, 0.4) is 0 Å². The molecule has 1 heterocycles. The molecule has 1 amide bonds. The van der Waals surface area contributed by atoms with Crippen molar-refractivity contribution in [2.75, 3.05) is 11.4 Å². The minimum atomic E-state index is -0.589. The number of amides is 1. The lowest BCUT2D eigenvalue weighted by Crippen LogP contribution is -2.30. The number of halogens is 1. The third kappa shape index (κ3) is 2.53. The van der Waals surface area contributed by atoms with Gasteiger partial charge in [-0.1, -0.05) is 18.2 Å². The number of para-hydroxylation sites is 1. The van der Waals surface area contributed by atoms with Crippen LogP contribution in [0.4, 0.5) is 10.1 Å². The molecule has 0 aliphatic rings. The Morgan fingerprint density at radius 1 is 1.22 bits per heavy atom. The summed E-state index contributed by atoms with van der Waals surface area (Å²) in [6.45, 7) is 2.43. The Balaban J connectivity index is 2.28. The monoisotopic (exact) mass is 244 g/mol. The van der Waals surface area contributed by atoms with Crippen LogP contribution in [-0.2, 0) is 0 Å². The van der Waals surface area contributed by atoms with Gasteiger partial charge in [0.05, 0.1) is 5.56 Å². The molecule has 18 heavy (non-hydrogen) atoms. The lowest BCUT2D eigenvalue weighted by molar-refractivity contribution is 0.0988. The van der Waals surface area contributed by atoms with Gasteiger partial charge in [-0.2, -0.15) is 4.39 Å². The summed E-state index contributed by atoms with van der Waals surface area (Å²) in [5.74, 6) is -0.773. The maximum Gasteiger partial charge on any atom is 0.259 e. The molecule has 4 heteroatoms. The zero-order chi connectivity index (χ0) is 13.0. The largest absolute Gasteiger partial charge is 0.309 e. The molecule has 0 aliphatic carbocycles. The van der Waals surface area contributed by atoms with Gasteiger partial charge in [-0.25, -0.2) is 4.98 Å². The van der Waals surface area contributed by atoms with E-state index in [0.29, 0.717) is 12.1 Å². The maximum absolute atomic E-state index is 12.7. The van der Waals surface area contributed by atoms with Gasteiger partial charge < -0.3 is 4.90 Å². The van der Waals surface area contributed by atoms with Crippen LogP contribution in [0, 0.1) is 5.95 Å². The molecule has 3 nitrogen and oxygen atoms in total. The summed E-state index contributed by atoms with van der Waals surface area (Å²) in [7, 11) is 0. The Kier molecular flexibility index (Phi) is 3.67. The SMILES string of the molecule is CCN(C(=O)c1ccc(F)nc1)c1ccccc1. The van der Waals surface area contributed by atoms with E-state index in [4.69, 9.17) is 0 Å². The van der Waals surface area contributed by atoms with Gasteiger partial charge in [-0.15, -0.1) is 0 Å². The van der Waals surface area contributed by atoms with Gasteiger partial charge in [0, 0.05) is 18.4 Å². The number of aromatic nitrogens is 1. The molecule has 2 rings (SSSR count). The number of rotatable bonds is 3. The van der Waals surface area contributed by atoms with Gasteiger partial charge in [0.25, 0.3) is 5.91 Å². The lowest BCUT2D eigenvalue weighted by Gasteiger charge is -2.20. The van der Waals surface area contributed by atoms with E-state index in [2.05, 4.69) is 4.98 Å². The fourth-order valence-corrected chi connectivity index (χ4v) is 1.71. The number of anilines is 1. The van der Waals surface area contributed by atoms with E-state index in [1.807, 2.05) is 37.3 Å². The predicted molar refractivity (Wildman–Crippen MR) is 68.0 cm³/mol. The molecule has 2 aromatic rings. The highest BCUT2D eigenvalue weighted by Crippen LogP contribution is 2.16. The van der Waals surface area contributed by atoms with Gasteiger partial charge in [0.2, 0.25) is 5.95 Å². The number of hydrogen-bond donors (Lipinski definition) is 0. The van der Waals surface area contributed by atoms with E-state index < -0.39 is 5.95 Å². The molecule has 1 aromatic heterocycles. The van der Waals surface area contributed by atoms with Crippen molar-refractivity contribution in [2.45, 2.75) is 6.92 Å². The fourth-order valence-electron chi connectivity index (χ4n) is 1.71. The number of pyridine rings is 1. The van der Waals surface area contributed by atoms with Gasteiger partial charge in [0.15, 0.2) is 0 Å². The molecule has 0 fully saturated rings. The standard InChI is InChI=1S/C14H13FN2O/c1-2-17(12-6-4-3-5-7-12)14(18)11-8-9-13(15)16-10-11/h3-10H,2H2,1H3. The Morgan fingerprint density at radius 2 is 1.94 bits per heavy atom. The molecule has 0 atom stereocenters. The van der Waals surface area contributed by atoms with Gasteiger partial charge in [-0.3, -0.25) is 4.79 Å². The third-order valence-corrected chi connectivity index (χ3v) is 2.60. The summed E-state index contributed by atoms with van der Waals surface area (Å²) in [5, 5.41) is 0. The second kappa shape index (κ2) is 5.40. The summed E-state index contributed by atoms with van der Waals surface area (Å²) >= 11 is 0. The van der Waals surface area contributed by atoms with Crippen LogP contribution < -0.4 is 4.90 Å². The molecule has 0 saturated carbocycles. The fraction of sp³-hybridized carbons (Fsp3) is 0.143. The molecule has 0 radical (unpaired) electrons. The molecule has 0 spiro atoms. The molecule has 92 valence electrons. The first-order valence-corrected chi connectivity index (χ1v) is 5.71. The molecule has 0 N–H and O–H groups in total. The Hall–Kier alpha value is -2.23. The van der Waals surface area contributed by atoms with Crippen LogP contribution in [0.2, 0.25) is 0 Å². The van der Waals surface area contributed by atoms with Gasteiger partial charge in [0.1, 0.15) is 0 Å². The molecule has 0 aliphatic heterocycles. The number of nitrogens with zero attached hydrogens (tertiary/aromatic N) is 2. The second-order valence-corrected chi connectivity index (χ2v) is 3.75. The van der Waals surface area contributed by atoms with Crippen LogP contribution in [0.1, 0.15) is 17.3 Å². The van der Waals surface area contributed by atoms with Crippen LogP contribution >= 0.6 is 0 Å². The number of hydrogen-bond acceptors (Lipinski definition) is 2. The maximum atomic E-state index is 12.7. The van der Waals surface area contributed by atoms with Crippen molar-refractivity contribution in [3.05, 3.63) is 60.2 Å². The molecule has 0 unspecified atom stereocenters. The highest BCUT2D eigenvalue weighted by molar-refractivity contribution is 6.05.